The van der Waals surface area contributed by atoms with Crippen LogP contribution in [-0.4, -0.2) is 62.2 Å². The van der Waals surface area contributed by atoms with Gasteiger partial charge in [0, 0.05) is 25.7 Å². The van der Waals surface area contributed by atoms with E-state index in [9.17, 15) is 8.78 Å². The number of hydrogen-bond acceptors (Lipinski definition) is 8. The lowest BCUT2D eigenvalue weighted by Gasteiger charge is -2.43. The Kier molecular flexibility index (Phi) is 5.85. The van der Waals surface area contributed by atoms with Crippen LogP contribution in [0.3, 0.4) is 0 Å². The van der Waals surface area contributed by atoms with Gasteiger partial charge in [-0.05, 0) is 32.2 Å². The molecule has 8 nitrogen and oxygen atoms in total. The van der Waals surface area contributed by atoms with E-state index in [-0.39, 0.29) is 17.4 Å². The molecule has 1 N–H and O–H groups in total. The molecule has 0 aromatic carbocycles. The lowest BCUT2D eigenvalue weighted by atomic mass is 10.1. The molecule has 0 saturated carbocycles. The van der Waals surface area contributed by atoms with Crippen molar-refractivity contribution >= 4 is 23.4 Å². The van der Waals surface area contributed by atoms with Crippen LogP contribution in [-0.2, 0) is 4.74 Å². The van der Waals surface area contributed by atoms with Gasteiger partial charge in [0.2, 0.25) is 0 Å². The number of imidazole rings is 1. The van der Waals surface area contributed by atoms with Crippen LogP contribution in [0.2, 0.25) is 0 Å². The van der Waals surface area contributed by atoms with E-state index >= 15 is 0 Å². The van der Waals surface area contributed by atoms with E-state index in [1.165, 1.54) is 23.0 Å². The molecule has 3 aromatic heterocycles. The number of nitrogens with one attached hydrogen (secondary N) is 1. The molecule has 4 heterocycles. The zero-order valence-electron chi connectivity index (χ0n) is 16.9. The van der Waals surface area contributed by atoms with Crippen LogP contribution in [0.15, 0.2) is 30.7 Å². The maximum Gasteiger partial charge on any atom is 0.282 e. The molecule has 4 rings (SSSR count). The number of fused-ring (bicyclic) bond motifs is 1. The predicted octanol–water partition coefficient (Wildman–Crippen LogP) is 2.98. The number of anilines is 1. The van der Waals surface area contributed by atoms with Gasteiger partial charge in [0.25, 0.3) is 6.43 Å². The predicted molar refractivity (Wildman–Crippen MR) is 112 cm³/mol. The lowest BCUT2D eigenvalue weighted by molar-refractivity contribution is -0.0801. The Morgan fingerprint density at radius 3 is 2.90 bits per heavy atom. The van der Waals surface area contributed by atoms with E-state index < -0.39 is 6.43 Å². The minimum Gasteiger partial charge on any atom is -0.367 e. The molecule has 0 amide bonds. The number of hydrogen-bond donors (Lipinski definition) is 1. The second kappa shape index (κ2) is 8.40. The Hall–Kier alpha value is -2.37. The third-order valence-corrected chi connectivity index (χ3v) is 5.24. The highest BCUT2D eigenvalue weighted by Crippen LogP contribution is 2.28. The highest BCUT2D eigenvalue weighted by Gasteiger charge is 2.34. The van der Waals surface area contributed by atoms with E-state index in [0.29, 0.717) is 36.7 Å². The standard InChI is InChI=1S/C19H23F2N7OS/c1-19(2)10-27(9-12(29-19)7-25-30-3)17-6-14(23-11-24-17)15-8-22-16-5-4-13(18(20)21)26-28(15)16/h4-6,8,11-12,18,25H,7,9-10H2,1-3H3/t12-/m1/s1. The third-order valence-electron chi connectivity index (χ3n) is 4.78. The Morgan fingerprint density at radius 2 is 2.13 bits per heavy atom. The quantitative estimate of drug-likeness (QED) is 0.592. The van der Waals surface area contributed by atoms with Crippen LogP contribution < -0.4 is 9.62 Å². The van der Waals surface area contributed by atoms with Crippen molar-refractivity contribution in [3.63, 3.8) is 0 Å². The van der Waals surface area contributed by atoms with Gasteiger partial charge in [0.05, 0.1) is 23.6 Å². The van der Waals surface area contributed by atoms with Gasteiger partial charge in [-0.2, -0.15) is 5.10 Å². The molecule has 3 aromatic rings. The van der Waals surface area contributed by atoms with Crippen molar-refractivity contribution in [1.29, 1.82) is 0 Å². The van der Waals surface area contributed by atoms with Crippen molar-refractivity contribution in [2.75, 3.05) is 30.8 Å². The van der Waals surface area contributed by atoms with Crippen LogP contribution in [0.5, 0.6) is 0 Å². The molecule has 1 aliphatic heterocycles. The highest BCUT2D eigenvalue weighted by atomic mass is 32.2. The van der Waals surface area contributed by atoms with Crippen LogP contribution in [0.25, 0.3) is 17.0 Å². The Labute approximate surface area is 177 Å². The van der Waals surface area contributed by atoms with Gasteiger partial charge in [0.15, 0.2) is 5.65 Å². The van der Waals surface area contributed by atoms with Crippen LogP contribution >= 0.6 is 11.9 Å². The zero-order valence-corrected chi connectivity index (χ0v) is 17.7. The van der Waals surface area contributed by atoms with Gasteiger partial charge in [-0.3, -0.25) is 4.72 Å². The molecule has 1 fully saturated rings. The molecule has 0 aliphatic carbocycles. The fourth-order valence-corrected chi connectivity index (χ4v) is 3.94. The summed E-state index contributed by atoms with van der Waals surface area (Å²) in [7, 11) is 0. The summed E-state index contributed by atoms with van der Waals surface area (Å²) in [6, 6.07) is 4.63. The van der Waals surface area contributed by atoms with E-state index in [1.54, 1.807) is 18.1 Å². The fourth-order valence-electron chi connectivity index (χ4n) is 3.59. The number of alkyl halides is 2. The summed E-state index contributed by atoms with van der Waals surface area (Å²) in [5.41, 5.74) is 0.921. The summed E-state index contributed by atoms with van der Waals surface area (Å²) in [6.45, 7) is 6.16. The number of nitrogens with zero attached hydrogens (tertiary/aromatic N) is 6. The summed E-state index contributed by atoms with van der Waals surface area (Å²) >= 11 is 1.55. The van der Waals surface area contributed by atoms with E-state index in [0.717, 1.165) is 5.82 Å². The SMILES string of the molecule is CSNC[C@@H]1CN(c2cc(-c3cnc4ccc(C(F)F)nn34)ncn2)CC(C)(C)O1. The number of aromatic nitrogens is 5. The Balaban J connectivity index is 1.66. The third kappa shape index (κ3) is 4.37. The van der Waals surface area contributed by atoms with Gasteiger partial charge in [0.1, 0.15) is 23.5 Å². The molecule has 160 valence electrons. The van der Waals surface area contributed by atoms with Crippen molar-refractivity contribution < 1.29 is 13.5 Å². The summed E-state index contributed by atoms with van der Waals surface area (Å²) in [5, 5.41) is 4.02. The van der Waals surface area contributed by atoms with Gasteiger partial charge in [-0.15, -0.1) is 0 Å². The number of morpholine rings is 1. The van der Waals surface area contributed by atoms with E-state index in [1.807, 2.05) is 26.2 Å². The second-order valence-corrected chi connectivity index (χ2v) is 8.36. The fraction of sp³-hybridized carbons (Fsp3) is 0.474. The van der Waals surface area contributed by atoms with Crippen molar-refractivity contribution in [1.82, 2.24) is 29.3 Å². The molecular weight excluding hydrogens is 412 g/mol. The van der Waals surface area contributed by atoms with Gasteiger partial charge in [-0.1, -0.05) is 11.9 Å². The molecule has 1 saturated heterocycles. The molecular formula is C19H23F2N7OS. The average Bonchev–Trinajstić information content (AvgIpc) is 3.14. The number of ether oxygens (including phenoxy) is 1. The Morgan fingerprint density at radius 1 is 1.30 bits per heavy atom. The van der Waals surface area contributed by atoms with Crippen molar-refractivity contribution in [2.24, 2.45) is 0 Å². The monoisotopic (exact) mass is 435 g/mol. The van der Waals surface area contributed by atoms with Gasteiger partial charge in [-0.25, -0.2) is 28.2 Å². The largest absolute Gasteiger partial charge is 0.367 e. The molecule has 11 heteroatoms. The van der Waals surface area contributed by atoms with Gasteiger partial charge < -0.3 is 9.64 Å². The first-order chi connectivity index (χ1) is 14.4. The van der Waals surface area contributed by atoms with Crippen molar-refractivity contribution in [3.05, 3.63) is 36.4 Å². The maximum absolute atomic E-state index is 13.1. The minimum atomic E-state index is -2.66. The Bertz CT molecular complexity index is 1030. The molecule has 30 heavy (non-hydrogen) atoms. The molecule has 1 aliphatic rings. The highest BCUT2D eigenvalue weighted by molar-refractivity contribution is 7.96. The molecule has 0 bridgehead atoms. The molecule has 0 radical (unpaired) electrons. The van der Waals surface area contributed by atoms with Crippen molar-refractivity contribution in [2.45, 2.75) is 32.0 Å². The molecule has 1 atom stereocenters. The number of halogens is 2. The first kappa shape index (κ1) is 20.9. The number of rotatable bonds is 6. The normalized spacial score (nSPS) is 19.0. The van der Waals surface area contributed by atoms with Crippen LogP contribution in [0, 0.1) is 0 Å². The van der Waals surface area contributed by atoms with Crippen molar-refractivity contribution in [3.8, 4) is 11.4 Å². The maximum atomic E-state index is 13.1. The van der Waals surface area contributed by atoms with E-state index in [2.05, 4.69) is 29.7 Å². The molecule has 0 spiro atoms. The van der Waals surface area contributed by atoms with Gasteiger partial charge >= 0.3 is 0 Å². The second-order valence-electron chi connectivity index (χ2n) is 7.67. The summed E-state index contributed by atoms with van der Waals surface area (Å²) in [6.07, 6.45) is 2.38. The zero-order chi connectivity index (χ0) is 21.3. The molecule has 0 unspecified atom stereocenters. The first-order valence-electron chi connectivity index (χ1n) is 9.50. The topological polar surface area (TPSA) is 80.5 Å². The lowest BCUT2D eigenvalue weighted by Crippen LogP contribution is -2.55. The summed E-state index contributed by atoms with van der Waals surface area (Å²) in [4.78, 5) is 15.2. The summed E-state index contributed by atoms with van der Waals surface area (Å²) in [5.74, 6) is 0.741. The first-order valence-corrected chi connectivity index (χ1v) is 10.7. The average molecular weight is 436 g/mol. The smallest absolute Gasteiger partial charge is 0.282 e. The van der Waals surface area contributed by atoms with E-state index in [4.69, 9.17) is 4.74 Å². The minimum absolute atomic E-state index is 0.00526. The van der Waals surface area contributed by atoms with Crippen LogP contribution in [0.1, 0.15) is 26.0 Å². The van der Waals surface area contributed by atoms with Crippen LogP contribution in [0.4, 0.5) is 14.6 Å². The summed E-state index contributed by atoms with van der Waals surface area (Å²) < 4.78 is 37.0.